The van der Waals surface area contributed by atoms with Gasteiger partial charge >= 0.3 is 6.36 Å². The standard InChI is InChI=1S/C21H30F3N3O5S/c1-14(2)13-18(28)25-19(15(3)4)20(29)26-9-11-27(12-10-26)33(30,31)17-7-5-16(6-8-17)32-21(22,23)24/h5-8,14-15,19H,9-13H2,1-4H3,(H,25,28). The minimum absolute atomic E-state index is 0.0274. The van der Waals surface area contributed by atoms with Gasteiger partial charge in [0.15, 0.2) is 0 Å². The van der Waals surface area contributed by atoms with Crippen molar-refractivity contribution >= 4 is 21.8 Å². The number of nitrogens with zero attached hydrogens (tertiary/aromatic N) is 2. The molecule has 1 saturated heterocycles. The maximum Gasteiger partial charge on any atom is 0.573 e. The van der Waals surface area contributed by atoms with Crippen LogP contribution in [0.25, 0.3) is 0 Å². The monoisotopic (exact) mass is 493 g/mol. The first-order chi connectivity index (χ1) is 15.2. The first kappa shape index (κ1) is 26.9. The van der Waals surface area contributed by atoms with Gasteiger partial charge in [0, 0.05) is 32.6 Å². The van der Waals surface area contributed by atoms with Crippen LogP contribution in [0.5, 0.6) is 5.75 Å². The third kappa shape index (κ3) is 7.60. The third-order valence-electron chi connectivity index (χ3n) is 5.09. The molecule has 1 aromatic rings. The molecule has 2 amide bonds. The van der Waals surface area contributed by atoms with Crippen LogP contribution in [-0.4, -0.2) is 68.0 Å². The van der Waals surface area contributed by atoms with Gasteiger partial charge in [-0.3, -0.25) is 9.59 Å². The Balaban J connectivity index is 2.02. The van der Waals surface area contributed by atoms with E-state index < -0.39 is 28.2 Å². The van der Waals surface area contributed by atoms with E-state index in [0.717, 1.165) is 24.3 Å². The quantitative estimate of drug-likeness (QED) is 0.601. The van der Waals surface area contributed by atoms with Crippen LogP contribution in [0.2, 0.25) is 0 Å². The highest BCUT2D eigenvalue weighted by molar-refractivity contribution is 7.89. The number of ether oxygens (including phenoxy) is 1. The molecule has 1 aliphatic rings. The van der Waals surface area contributed by atoms with Crippen LogP contribution in [0.1, 0.15) is 34.1 Å². The van der Waals surface area contributed by atoms with Crippen LogP contribution in [0.15, 0.2) is 29.2 Å². The predicted octanol–water partition coefficient (Wildman–Crippen LogP) is 2.61. The molecule has 0 radical (unpaired) electrons. The van der Waals surface area contributed by atoms with E-state index in [1.54, 1.807) is 0 Å². The summed E-state index contributed by atoms with van der Waals surface area (Å²) in [7, 11) is -3.95. The molecule has 0 saturated carbocycles. The highest BCUT2D eigenvalue weighted by Crippen LogP contribution is 2.25. The van der Waals surface area contributed by atoms with E-state index in [1.807, 2.05) is 27.7 Å². The second kappa shape index (κ2) is 10.7. The molecule has 0 bridgehead atoms. The molecule has 0 aromatic heterocycles. The van der Waals surface area contributed by atoms with E-state index in [2.05, 4.69) is 10.1 Å². The largest absolute Gasteiger partial charge is 0.573 e. The summed E-state index contributed by atoms with van der Waals surface area (Å²) in [5.74, 6) is -0.997. The molecule has 12 heteroatoms. The summed E-state index contributed by atoms with van der Waals surface area (Å²) in [4.78, 5) is 26.5. The maximum atomic E-state index is 13.0. The minimum Gasteiger partial charge on any atom is -0.406 e. The van der Waals surface area contributed by atoms with Gasteiger partial charge in [0.25, 0.3) is 0 Å². The van der Waals surface area contributed by atoms with E-state index in [4.69, 9.17) is 0 Å². The Bertz CT molecular complexity index is 925. The number of sulfonamides is 1. The van der Waals surface area contributed by atoms with E-state index >= 15 is 0 Å². The first-order valence-corrected chi connectivity index (χ1v) is 12.1. The first-order valence-electron chi connectivity index (χ1n) is 10.6. The average Bonchev–Trinajstić information content (AvgIpc) is 2.70. The molecule has 1 atom stereocenters. The number of hydrogen-bond acceptors (Lipinski definition) is 5. The summed E-state index contributed by atoms with van der Waals surface area (Å²) in [6, 6.07) is 3.26. The molecule has 1 aromatic carbocycles. The molecule has 186 valence electrons. The Morgan fingerprint density at radius 3 is 2.03 bits per heavy atom. The van der Waals surface area contributed by atoms with E-state index in [0.29, 0.717) is 6.42 Å². The fraction of sp³-hybridized carbons (Fsp3) is 0.619. The van der Waals surface area contributed by atoms with Gasteiger partial charge in [-0.05, 0) is 36.1 Å². The van der Waals surface area contributed by atoms with Gasteiger partial charge in [-0.25, -0.2) is 8.42 Å². The highest BCUT2D eigenvalue weighted by Gasteiger charge is 2.35. The summed E-state index contributed by atoms with van der Waals surface area (Å²) in [5, 5.41) is 2.78. The lowest BCUT2D eigenvalue weighted by atomic mass is 10.0. The molecular weight excluding hydrogens is 463 g/mol. The fourth-order valence-corrected chi connectivity index (χ4v) is 4.85. The number of alkyl halides is 3. The van der Waals surface area contributed by atoms with E-state index in [9.17, 15) is 31.2 Å². The normalized spacial score (nSPS) is 16.7. The number of benzene rings is 1. The summed E-state index contributed by atoms with van der Waals surface area (Å²) in [6.07, 6.45) is -4.57. The van der Waals surface area contributed by atoms with Crippen LogP contribution < -0.4 is 10.1 Å². The number of hydrogen-bond donors (Lipinski definition) is 1. The highest BCUT2D eigenvalue weighted by atomic mass is 32.2. The molecule has 2 rings (SSSR count). The van der Waals surface area contributed by atoms with Crippen molar-refractivity contribution in [3.8, 4) is 5.75 Å². The second-order valence-electron chi connectivity index (χ2n) is 8.64. The molecule has 1 unspecified atom stereocenters. The van der Waals surface area contributed by atoms with Gasteiger partial charge < -0.3 is 15.0 Å². The lowest BCUT2D eigenvalue weighted by molar-refractivity contribution is -0.274. The molecule has 0 spiro atoms. The van der Waals surface area contributed by atoms with Gasteiger partial charge in [0.05, 0.1) is 4.90 Å². The zero-order valence-corrected chi connectivity index (χ0v) is 19.9. The summed E-state index contributed by atoms with van der Waals surface area (Å²) < 4.78 is 67.5. The molecule has 1 N–H and O–H groups in total. The lowest BCUT2D eigenvalue weighted by Gasteiger charge is -2.36. The Morgan fingerprint density at radius 2 is 1.58 bits per heavy atom. The minimum atomic E-state index is -4.87. The van der Waals surface area contributed by atoms with Gasteiger partial charge in [-0.15, -0.1) is 13.2 Å². The number of carbonyl (C=O) groups is 2. The number of amides is 2. The van der Waals surface area contributed by atoms with Gasteiger partial charge in [-0.1, -0.05) is 27.7 Å². The average molecular weight is 494 g/mol. The van der Waals surface area contributed by atoms with E-state index in [-0.39, 0.29) is 54.7 Å². The zero-order chi connectivity index (χ0) is 25.0. The summed E-state index contributed by atoms with van der Waals surface area (Å²) in [5.41, 5.74) is 0. The molecule has 1 aliphatic heterocycles. The smallest absolute Gasteiger partial charge is 0.406 e. The van der Waals surface area contributed by atoms with Crippen molar-refractivity contribution in [3.05, 3.63) is 24.3 Å². The van der Waals surface area contributed by atoms with Crippen LogP contribution in [0.3, 0.4) is 0 Å². The van der Waals surface area contributed by atoms with Crippen molar-refractivity contribution in [3.63, 3.8) is 0 Å². The van der Waals surface area contributed by atoms with Crippen molar-refractivity contribution < 1.29 is 35.9 Å². The van der Waals surface area contributed by atoms with E-state index in [1.165, 1.54) is 9.21 Å². The Morgan fingerprint density at radius 1 is 1.03 bits per heavy atom. The SMILES string of the molecule is CC(C)CC(=O)NC(C(=O)N1CCN(S(=O)(=O)c2ccc(OC(F)(F)F)cc2)CC1)C(C)C. The number of nitrogens with one attached hydrogen (secondary N) is 1. The molecular formula is C21H30F3N3O5S. The number of halogens is 3. The number of piperazine rings is 1. The van der Waals surface area contributed by atoms with Crippen molar-refractivity contribution in [2.45, 2.75) is 51.4 Å². The van der Waals surface area contributed by atoms with Crippen LogP contribution in [0.4, 0.5) is 13.2 Å². The van der Waals surface area contributed by atoms with Gasteiger partial charge in [-0.2, -0.15) is 4.31 Å². The molecule has 33 heavy (non-hydrogen) atoms. The number of rotatable bonds is 8. The van der Waals surface area contributed by atoms with Crippen molar-refractivity contribution in [2.24, 2.45) is 11.8 Å². The van der Waals surface area contributed by atoms with Crippen molar-refractivity contribution in [1.82, 2.24) is 14.5 Å². The molecule has 1 heterocycles. The van der Waals surface area contributed by atoms with Crippen LogP contribution in [0, 0.1) is 11.8 Å². The topological polar surface area (TPSA) is 96.0 Å². The van der Waals surface area contributed by atoms with Crippen molar-refractivity contribution in [2.75, 3.05) is 26.2 Å². The Labute approximate surface area is 192 Å². The second-order valence-corrected chi connectivity index (χ2v) is 10.6. The maximum absolute atomic E-state index is 13.0. The van der Waals surface area contributed by atoms with Crippen LogP contribution >= 0.6 is 0 Å². The van der Waals surface area contributed by atoms with Gasteiger partial charge in [0.2, 0.25) is 21.8 Å². The molecule has 8 nitrogen and oxygen atoms in total. The third-order valence-corrected chi connectivity index (χ3v) is 7.00. The summed E-state index contributed by atoms with van der Waals surface area (Å²) in [6.45, 7) is 7.79. The van der Waals surface area contributed by atoms with Crippen LogP contribution in [-0.2, 0) is 19.6 Å². The predicted molar refractivity (Wildman–Crippen MR) is 115 cm³/mol. The Kier molecular flexibility index (Phi) is 8.75. The fourth-order valence-electron chi connectivity index (χ4n) is 3.42. The van der Waals surface area contributed by atoms with Gasteiger partial charge in [0.1, 0.15) is 11.8 Å². The lowest BCUT2D eigenvalue weighted by Crippen LogP contribution is -2.57. The zero-order valence-electron chi connectivity index (χ0n) is 19.1. The molecule has 0 aliphatic carbocycles. The van der Waals surface area contributed by atoms with Crippen molar-refractivity contribution in [1.29, 1.82) is 0 Å². The molecule has 1 fully saturated rings. The number of carbonyl (C=O) groups excluding carboxylic acids is 2. The Hall–Kier alpha value is -2.34. The summed E-state index contributed by atoms with van der Waals surface area (Å²) >= 11 is 0.